The third kappa shape index (κ3) is 3.08. The highest BCUT2D eigenvalue weighted by Crippen LogP contribution is 2.67. The van der Waals surface area contributed by atoms with Gasteiger partial charge < -0.3 is 4.55 Å². The smallest absolute Gasteiger partial charge is 0.485 e. The zero-order valence-electron chi connectivity index (χ0n) is 13.0. The Morgan fingerprint density at radius 2 is 1.62 bits per heavy atom. The van der Waals surface area contributed by atoms with Gasteiger partial charge in [0.1, 0.15) is 4.75 Å². The normalized spacial score (nSPS) is 34.8. The first-order valence-corrected chi connectivity index (χ1v) is 10.2. The fraction of sp³-hybridized carbons (Fsp3) is 1.00. The maximum atomic E-state index is 10.7. The van der Waals surface area contributed by atoms with Gasteiger partial charge in [0.25, 0.3) is 0 Å². The zero-order chi connectivity index (χ0) is 16.9. The molecule has 3 nitrogen and oxygen atoms in total. The number of fused-ring (bicyclic) bond motifs is 2. The van der Waals surface area contributed by atoms with E-state index < -0.39 is 15.6 Å². The third-order valence-corrected chi connectivity index (χ3v) is 8.54. The van der Waals surface area contributed by atoms with Gasteiger partial charge in [-0.15, -0.1) is 0 Å². The fourth-order valence-electron chi connectivity index (χ4n) is 4.18. The van der Waals surface area contributed by atoms with Gasteiger partial charge in [0.2, 0.25) is 0 Å². The number of alkyl halides is 3. The molecule has 2 bridgehead atoms. The summed E-state index contributed by atoms with van der Waals surface area (Å²) >= 11 is 0. The van der Waals surface area contributed by atoms with Crippen LogP contribution < -0.4 is 0 Å². The molecule has 0 heterocycles. The molecule has 0 aliphatic heterocycles. The lowest BCUT2D eigenvalue weighted by Crippen LogP contribution is -2.70. The van der Waals surface area contributed by atoms with Crippen LogP contribution in [0.15, 0.2) is 0 Å². The molecule has 3 saturated carbocycles. The Balaban J connectivity index is 0.000000240. The van der Waals surface area contributed by atoms with E-state index in [1.54, 1.807) is 0 Å². The van der Waals surface area contributed by atoms with Gasteiger partial charge in [0, 0.05) is 17.8 Å². The lowest BCUT2D eigenvalue weighted by atomic mass is 9.45. The summed E-state index contributed by atoms with van der Waals surface area (Å²) < 4.78 is 59.6. The van der Waals surface area contributed by atoms with Crippen LogP contribution in [0.5, 0.6) is 0 Å². The molecule has 3 unspecified atom stereocenters. The first-order valence-electron chi connectivity index (χ1n) is 6.77. The van der Waals surface area contributed by atoms with Crippen LogP contribution in [0.2, 0.25) is 0 Å². The van der Waals surface area contributed by atoms with Crippen LogP contribution >= 0.6 is 0 Å². The predicted octanol–water partition coefficient (Wildman–Crippen LogP) is 3.13. The molecular weight excluding hydrogens is 325 g/mol. The minimum absolute atomic E-state index is 0.599. The summed E-state index contributed by atoms with van der Waals surface area (Å²) in [7, 11) is -5.49. The largest absolute Gasteiger partial charge is 0.741 e. The SMILES string of the molecule is CC1CCC2CC1([S+](C)C)C2(C)C.O=S(=O)([O-])C(F)(F)F. The van der Waals surface area contributed by atoms with Crippen molar-refractivity contribution in [1.29, 1.82) is 0 Å². The minimum atomic E-state index is -6.09. The maximum absolute atomic E-state index is 10.7. The number of rotatable bonds is 1. The monoisotopic (exact) mass is 348 g/mol. The average Bonchev–Trinajstić information content (AvgIpc) is 2.25. The average molecular weight is 348 g/mol. The first kappa shape index (κ1) is 19.1. The Morgan fingerprint density at radius 1 is 1.19 bits per heavy atom. The van der Waals surface area contributed by atoms with E-state index in [4.69, 9.17) is 13.0 Å². The number of hydrogen-bond donors (Lipinski definition) is 0. The number of hydrogen-bond acceptors (Lipinski definition) is 3. The van der Waals surface area contributed by atoms with Crippen molar-refractivity contribution < 1.29 is 26.1 Å². The van der Waals surface area contributed by atoms with Crippen molar-refractivity contribution in [3.8, 4) is 0 Å². The van der Waals surface area contributed by atoms with Gasteiger partial charge in [0.15, 0.2) is 10.1 Å². The molecule has 0 spiro atoms. The van der Waals surface area contributed by atoms with Crippen LogP contribution in [0.1, 0.15) is 40.0 Å². The van der Waals surface area contributed by atoms with E-state index >= 15 is 0 Å². The third-order valence-electron chi connectivity index (χ3n) is 5.42. The molecule has 21 heavy (non-hydrogen) atoms. The lowest BCUT2D eigenvalue weighted by Gasteiger charge is -2.65. The van der Waals surface area contributed by atoms with Crippen molar-refractivity contribution in [2.75, 3.05) is 12.5 Å². The molecule has 0 saturated heterocycles. The molecule has 3 aliphatic carbocycles. The van der Waals surface area contributed by atoms with E-state index in [2.05, 4.69) is 33.3 Å². The van der Waals surface area contributed by atoms with Gasteiger partial charge in [-0.05, 0) is 29.7 Å². The standard InChI is InChI=1S/C12H23S.CHF3O3S/c1-9-6-7-10-8-12(9,13(4)5)11(10,2)3;2-1(3,4)8(5,6)7/h9-10H,6-8H2,1-5H3;(H,5,6,7)/q+1;/p-1. The van der Waals surface area contributed by atoms with Crippen LogP contribution in [-0.2, 0) is 21.0 Å². The second kappa shape index (κ2) is 5.60. The minimum Gasteiger partial charge on any atom is -0.741 e. The Labute approximate surface area is 127 Å². The molecule has 3 fully saturated rings. The van der Waals surface area contributed by atoms with Crippen LogP contribution in [0, 0.1) is 17.3 Å². The summed E-state index contributed by atoms with van der Waals surface area (Å²) in [5.41, 5.74) is -5.01. The molecule has 8 heteroatoms. The van der Waals surface area contributed by atoms with E-state index in [1.807, 2.05) is 0 Å². The van der Waals surface area contributed by atoms with E-state index in [-0.39, 0.29) is 0 Å². The van der Waals surface area contributed by atoms with Gasteiger partial charge in [-0.2, -0.15) is 13.2 Å². The van der Waals surface area contributed by atoms with Crippen molar-refractivity contribution >= 4 is 21.0 Å². The molecule has 0 amide bonds. The summed E-state index contributed by atoms with van der Waals surface area (Å²) in [5.74, 6) is 2.00. The molecular formula is C13H23F3O3S2. The Hall–Kier alpha value is 0.0500. The quantitative estimate of drug-likeness (QED) is 0.416. The van der Waals surface area contributed by atoms with E-state index in [1.165, 1.54) is 19.3 Å². The van der Waals surface area contributed by atoms with Crippen LogP contribution in [0.25, 0.3) is 0 Å². The maximum Gasteiger partial charge on any atom is 0.485 e. The number of halogens is 3. The second-order valence-corrected chi connectivity index (χ2v) is 10.4. The first-order chi connectivity index (χ1) is 9.18. The molecule has 0 aromatic carbocycles. The van der Waals surface area contributed by atoms with Crippen LogP contribution in [0.3, 0.4) is 0 Å². The molecule has 3 aliphatic rings. The van der Waals surface area contributed by atoms with Gasteiger partial charge in [0.05, 0.1) is 12.5 Å². The Kier molecular flexibility index (Phi) is 5.09. The van der Waals surface area contributed by atoms with E-state index in [0.717, 1.165) is 11.8 Å². The topological polar surface area (TPSA) is 57.2 Å². The van der Waals surface area contributed by atoms with Crippen LogP contribution in [-0.4, -0.2) is 35.7 Å². The predicted molar refractivity (Wildman–Crippen MR) is 78.0 cm³/mol. The van der Waals surface area contributed by atoms with Gasteiger partial charge >= 0.3 is 5.51 Å². The summed E-state index contributed by atoms with van der Waals surface area (Å²) in [5, 5.41) is 0. The molecule has 126 valence electrons. The lowest BCUT2D eigenvalue weighted by molar-refractivity contribution is -0.0707. The summed E-state index contributed by atoms with van der Waals surface area (Å²) in [4.78, 5) is 0. The molecule has 0 radical (unpaired) electrons. The Morgan fingerprint density at radius 3 is 1.81 bits per heavy atom. The molecule has 0 N–H and O–H groups in total. The highest BCUT2D eigenvalue weighted by Gasteiger charge is 2.71. The summed E-state index contributed by atoms with van der Waals surface area (Å²) in [6.45, 7) is 7.53. The summed E-state index contributed by atoms with van der Waals surface area (Å²) in [6.07, 6.45) is 9.42. The summed E-state index contributed by atoms with van der Waals surface area (Å²) in [6, 6.07) is 0. The fourth-order valence-corrected chi connectivity index (χ4v) is 6.85. The van der Waals surface area contributed by atoms with Crippen molar-refractivity contribution in [3.63, 3.8) is 0 Å². The van der Waals surface area contributed by atoms with Gasteiger partial charge in [-0.1, -0.05) is 20.8 Å². The van der Waals surface area contributed by atoms with E-state index in [0.29, 0.717) is 21.1 Å². The Bertz CT molecular complexity index is 485. The van der Waals surface area contributed by atoms with Crippen molar-refractivity contribution in [3.05, 3.63) is 0 Å². The molecule has 3 rings (SSSR count). The van der Waals surface area contributed by atoms with Gasteiger partial charge in [-0.25, -0.2) is 8.42 Å². The molecule has 3 atom stereocenters. The molecule has 0 aromatic rings. The highest BCUT2D eigenvalue weighted by atomic mass is 32.2. The van der Waals surface area contributed by atoms with Crippen molar-refractivity contribution in [2.45, 2.75) is 50.3 Å². The molecule has 0 aromatic heterocycles. The van der Waals surface area contributed by atoms with Crippen molar-refractivity contribution in [2.24, 2.45) is 17.3 Å². The highest BCUT2D eigenvalue weighted by molar-refractivity contribution is 7.97. The second-order valence-electron chi connectivity index (χ2n) is 6.71. The van der Waals surface area contributed by atoms with Gasteiger partial charge in [-0.3, -0.25) is 0 Å². The van der Waals surface area contributed by atoms with Crippen LogP contribution in [0.4, 0.5) is 13.2 Å². The van der Waals surface area contributed by atoms with Crippen molar-refractivity contribution in [1.82, 2.24) is 0 Å². The van der Waals surface area contributed by atoms with E-state index in [9.17, 15) is 13.2 Å². The zero-order valence-corrected chi connectivity index (χ0v) is 14.6.